The third-order valence-corrected chi connectivity index (χ3v) is 2.07. The first kappa shape index (κ1) is 13.1. The molecule has 1 heterocycles. The second kappa shape index (κ2) is 5.37. The summed E-state index contributed by atoms with van der Waals surface area (Å²) in [6, 6.07) is 0. The van der Waals surface area contributed by atoms with Crippen LogP contribution in [0.25, 0.3) is 0 Å². The van der Waals surface area contributed by atoms with Crippen LogP contribution in [-0.4, -0.2) is 44.6 Å². The van der Waals surface area contributed by atoms with Crippen molar-refractivity contribution >= 4 is 18.2 Å². The zero-order valence-corrected chi connectivity index (χ0v) is 9.26. The van der Waals surface area contributed by atoms with Crippen molar-refractivity contribution in [1.29, 1.82) is 0 Å². The third-order valence-electron chi connectivity index (χ3n) is 2.07. The van der Waals surface area contributed by atoms with Crippen LogP contribution in [0.1, 0.15) is 6.92 Å². The molecule has 8 nitrogen and oxygen atoms in total. The Hall–Kier alpha value is -1.99. The SMILES string of the molecule is CC1(C(=O)OCCOC(N)=O)COC(=O)OC1. The molecule has 8 heteroatoms. The van der Waals surface area contributed by atoms with Gasteiger partial charge in [-0.2, -0.15) is 0 Å². The Morgan fingerprint density at radius 1 is 1.29 bits per heavy atom. The molecule has 0 atom stereocenters. The van der Waals surface area contributed by atoms with Gasteiger partial charge in [-0.25, -0.2) is 9.59 Å². The molecule has 0 bridgehead atoms. The van der Waals surface area contributed by atoms with Gasteiger partial charge in [0.05, 0.1) is 0 Å². The number of hydrogen-bond acceptors (Lipinski definition) is 7. The number of carbonyl (C=O) groups is 3. The number of esters is 1. The van der Waals surface area contributed by atoms with Gasteiger partial charge in [0.2, 0.25) is 0 Å². The van der Waals surface area contributed by atoms with Crippen molar-refractivity contribution in [1.82, 2.24) is 0 Å². The van der Waals surface area contributed by atoms with Crippen LogP contribution in [0.3, 0.4) is 0 Å². The van der Waals surface area contributed by atoms with Crippen LogP contribution < -0.4 is 5.73 Å². The number of ether oxygens (including phenoxy) is 4. The quantitative estimate of drug-likeness (QED) is 0.415. The highest BCUT2D eigenvalue weighted by Gasteiger charge is 2.41. The van der Waals surface area contributed by atoms with Gasteiger partial charge in [-0.15, -0.1) is 0 Å². The third kappa shape index (κ3) is 3.82. The summed E-state index contributed by atoms with van der Waals surface area (Å²) in [6.07, 6.45) is -1.76. The largest absolute Gasteiger partial charge is 0.508 e. The molecule has 1 saturated heterocycles. The fourth-order valence-corrected chi connectivity index (χ4v) is 1.09. The molecule has 1 aliphatic heterocycles. The van der Waals surface area contributed by atoms with Crippen molar-refractivity contribution in [2.24, 2.45) is 11.1 Å². The van der Waals surface area contributed by atoms with E-state index in [9.17, 15) is 14.4 Å². The van der Waals surface area contributed by atoms with E-state index in [1.165, 1.54) is 6.92 Å². The van der Waals surface area contributed by atoms with Gasteiger partial charge in [-0.1, -0.05) is 0 Å². The summed E-state index contributed by atoms with van der Waals surface area (Å²) in [5.41, 5.74) is 3.67. The predicted octanol–water partition coefficient (Wildman–Crippen LogP) is -0.202. The van der Waals surface area contributed by atoms with E-state index in [1.54, 1.807) is 0 Å². The highest BCUT2D eigenvalue weighted by Crippen LogP contribution is 2.23. The van der Waals surface area contributed by atoms with Gasteiger partial charge in [0, 0.05) is 0 Å². The molecule has 0 aromatic rings. The summed E-state index contributed by atoms with van der Waals surface area (Å²) >= 11 is 0. The van der Waals surface area contributed by atoms with Crippen LogP contribution in [0.5, 0.6) is 0 Å². The minimum Gasteiger partial charge on any atom is -0.461 e. The maximum Gasteiger partial charge on any atom is 0.508 e. The molecule has 0 unspecified atom stereocenters. The smallest absolute Gasteiger partial charge is 0.461 e. The fourth-order valence-electron chi connectivity index (χ4n) is 1.09. The molecular weight excluding hydrogens is 234 g/mol. The van der Waals surface area contributed by atoms with Gasteiger partial charge < -0.3 is 24.7 Å². The number of primary amides is 1. The highest BCUT2D eigenvalue weighted by atomic mass is 16.7. The lowest BCUT2D eigenvalue weighted by atomic mass is 9.93. The monoisotopic (exact) mass is 247 g/mol. The van der Waals surface area contributed by atoms with Gasteiger partial charge in [-0.05, 0) is 6.92 Å². The summed E-state index contributed by atoms with van der Waals surface area (Å²) in [7, 11) is 0. The van der Waals surface area contributed by atoms with Gasteiger partial charge in [0.1, 0.15) is 31.8 Å². The second-order valence-corrected chi connectivity index (χ2v) is 3.69. The lowest BCUT2D eigenvalue weighted by Gasteiger charge is -2.29. The normalized spacial score (nSPS) is 17.6. The number of carbonyl (C=O) groups excluding carboxylic acids is 3. The molecule has 1 rings (SSSR count). The number of hydrogen-bond donors (Lipinski definition) is 1. The maximum absolute atomic E-state index is 11.6. The summed E-state index contributed by atoms with van der Waals surface area (Å²) in [6.45, 7) is 1.07. The molecule has 1 amide bonds. The second-order valence-electron chi connectivity index (χ2n) is 3.69. The Balaban J connectivity index is 2.31. The molecule has 0 aromatic heterocycles. The Bertz CT molecular complexity index is 317. The van der Waals surface area contributed by atoms with Gasteiger partial charge in [0.15, 0.2) is 0 Å². The Morgan fingerprint density at radius 3 is 2.35 bits per heavy atom. The first-order chi connectivity index (χ1) is 7.94. The fraction of sp³-hybridized carbons (Fsp3) is 0.667. The van der Waals surface area contributed by atoms with E-state index in [4.69, 9.17) is 10.5 Å². The highest BCUT2D eigenvalue weighted by molar-refractivity contribution is 5.78. The average Bonchev–Trinajstić information content (AvgIpc) is 2.28. The van der Waals surface area contributed by atoms with E-state index in [1.807, 2.05) is 0 Å². The van der Waals surface area contributed by atoms with Crippen molar-refractivity contribution in [2.75, 3.05) is 26.4 Å². The van der Waals surface area contributed by atoms with Crippen LogP contribution in [0.2, 0.25) is 0 Å². The van der Waals surface area contributed by atoms with Gasteiger partial charge in [0.25, 0.3) is 0 Å². The van der Waals surface area contributed by atoms with Crippen molar-refractivity contribution < 1.29 is 33.3 Å². The first-order valence-electron chi connectivity index (χ1n) is 4.83. The number of cyclic esters (lactones) is 2. The van der Waals surface area contributed by atoms with E-state index < -0.39 is 23.6 Å². The zero-order valence-electron chi connectivity index (χ0n) is 9.26. The van der Waals surface area contributed by atoms with Crippen LogP contribution in [-0.2, 0) is 23.7 Å². The molecule has 0 aromatic carbocycles. The molecule has 1 aliphatic rings. The summed E-state index contributed by atoms with van der Waals surface area (Å²) in [5.74, 6) is -0.599. The standard InChI is InChI=1S/C9H13NO7/c1-9(4-16-8(13)17-5-9)6(11)14-2-3-15-7(10)12/h2-5H2,1H3,(H2,10,12). The van der Waals surface area contributed by atoms with E-state index in [-0.39, 0.29) is 26.4 Å². The van der Waals surface area contributed by atoms with Crippen molar-refractivity contribution in [3.63, 3.8) is 0 Å². The minimum absolute atomic E-state index is 0.110. The van der Waals surface area contributed by atoms with E-state index in [0.29, 0.717) is 0 Å². The number of rotatable bonds is 4. The Morgan fingerprint density at radius 2 is 1.82 bits per heavy atom. The van der Waals surface area contributed by atoms with Crippen molar-refractivity contribution in [3.8, 4) is 0 Å². The number of amides is 1. The van der Waals surface area contributed by atoms with Crippen LogP contribution >= 0.6 is 0 Å². The number of nitrogens with two attached hydrogens (primary N) is 1. The molecule has 0 spiro atoms. The predicted molar refractivity (Wildman–Crippen MR) is 51.9 cm³/mol. The van der Waals surface area contributed by atoms with Crippen LogP contribution in [0.15, 0.2) is 0 Å². The van der Waals surface area contributed by atoms with E-state index >= 15 is 0 Å². The molecule has 0 aliphatic carbocycles. The molecule has 1 fully saturated rings. The Kier molecular flexibility index (Phi) is 4.13. The van der Waals surface area contributed by atoms with Gasteiger partial charge >= 0.3 is 18.2 Å². The molecular formula is C9H13NO7. The van der Waals surface area contributed by atoms with E-state index in [2.05, 4.69) is 14.2 Å². The minimum atomic E-state index is -1.04. The summed E-state index contributed by atoms with van der Waals surface area (Å²) < 4.78 is 18.4. The molecule has 0 saturated carbocycles. The topological polar surface area (TPSA) is 114 Å². The van der Waals surface area contributed by atoms with Gasteiger partial charge in [-0.3, -0.25) is 4.79 Å². The molecule has 96 valence electrons. The maximum atomic E-state index is 11.6. The van der Waals surface area contributed by atoms with Crippen LogP contribution in [0.4, 0.5) is 9.59 Å². The first-order valence-corrected chi connectivity index (χ1v) is 4.83. The molecule has 2 N–H and O–H groups in total. The molecule has 0 radical (unpaired) electrons. The van der Waals surface area contributed by atoms with Crippen molar-refractivity contribution in [3.05, 3.63) is 0 Å². The Labute approximate surface area is 96.9 Å². The molecule has 17 heavy (non-hydrogen) atoms. The van der Waals surface area contributed by atoms with Crippen LogP contribution in [0, 0.1) is 5.41 Å². The zero-order chi connectivity index (χ0) is 12.9. The van der Waals surface area contributed by atoms with E-state index in [0.717, 1.165) is 0 Å². The summed E-state index contributed by atoms with van der Waals surface area (Å²) in [5, 5.41) is 0. The summed E-state index contributed by atoms with van der Waals surface area (Å²) in [4.78, 5) is 32.5. The van der Waals surface area contributed by atoms with Crippen molar-refractivity contribution in [2.45, 2.75) is 6.92 Å². The lowest BCUT2D eigenvalue weighted by Crippen LogP contribution is -2.44. The average molecular weight is 247 g/mol. The lowest BCUT2D eigenvalue weighted by molar-refractivity contribution is -0.166.